The van der Waals surface area contributed by atoms with Gasteiger partial charge in [0.2, 0.25) is 0 Å². The molecule has 3 aromatic rings. The third-order valence-electron chi connectivity index (χ3n) is 6.94. The van der Waals surface area contributed by atoms with E-state index in [0.29, 0.717) is 13.1 Å². The number of methoxy groups -OCH3 is 1. The van der Waals surface area contributed by atoms with Crippen LogP contribution in [0.1, 0.15) is 68.4 Å². The first-order valence-electron chi connectivity index (χ1n) is 12.5. The number of nitrogens with zero attached hydrogens (tertiary/aromatic N) is 4. The SMILES string of the molecule is CCn1nnc2c(C)c([C@H](c3ccc4c(c3)CN(C(=O)OC(C)(C)C)CC4)C(C)C(=O)OC)ccc21. The lowest BCUT2D eigenvalue weighted by Gasteiger charge is -2.32. The monoisotopic (exact) mass is 492 g/mol. The van der Waals surface area contributed by atoms with E-state index in [0.717, 1.165) is 46.3 Å². The van der Waals surface area contributed by atoms with Crippen LogP contribution in [0.3, 0.4) is 0 Å². The highest BCUT2D eigenvalue weighted by atomic mass is 16.6. The summed E-state index contributed by atoms with van der Waals surface area (Å²) in [4.78, 5) is 27.2. The first-order valence-corrected chi connectivity index (χ1v) is 12.5. The first kappa shape index (κ1) is 25.7. The van der Waals surface area contributed by atoms with E-state index in [9.17, 15) is 9.59 Å². The summed E-state index contributed by atoms with van der Waals surface area (Å²) in [6.45, 7) is 13.4. The van der Waals surface area contributed by atoms with Gasteiger partial charge in [-0.2, -0.15) is 0 Å². The van der Waals surface area contributed by atoms with Crippen LogP contribution in [0.25, 0.3) is 11.0 Å². The Hall–Kier alpha value is -3.42. The molecule has 2 aromatic carbocycles. The molecule has 8 heteroatoms. The van der Waals surface area contributed by atoms with Gasteiger partial charge in [0.05, 0.1) is 18.5 Å². The fourth-order valence-electron chi connectivity index (χ4n) is 5.07. The van der Waals surface area contributed by atoms with Crippen LogP contribution in [0.2, 0.25) is 0 Å². The number of esters is 1. The van der Waals surface area contributed by atoms with Gasteiger partial charge in [0.25, 0.3) is 0 Å². The Kier molecular flexibility index (Phi) is 7.07. The molecule has 1 unspecified atom stereocenters. The molecule has 1 aliphatic rings. The molecule has 36 heavy (non-hydrogen) atoms. The lowest BCUT2D eigenvalue weighted by molar-refractivity contribution is -0.145. The topological polar surface area (TPSA) is 86.5 Å². The largest absolute Gasteiger partial charge is 0.469 e. The minimum absolute atomic E-state index is 0.240. The molecule has 0 radical (unpaired) electrons. The second-order valence-corrected chi connectivity index (χ2v) is 10.5. The van der Waals surface area contributed by atoms with Crippen molar-refractivity contribution in [2.45, 2.75) is 72.6 Å². The van der Waals surface area contributed by atoms with Gasteiger partial charge >= 0.3 is 12.1 Å². The predicted molar refractivity (Wildman–Crippen MR) is 138 cm³/mol. The number of amides is 1. The third-order valence-corrected chi connectivity index (χ3v) is 6.94. The van der Waals surface area contributed by atoms with E-state index in [2.05, 4.69) is 34.6 Å². The van der Waals surface area contributed by atoms with Crippen LogP contribution >= 0.6 is 0 Å². The number of carbonyl (C=O) groups excluding carboxylic acids is 2. The van der Waals surface area contributed by atoms with Gasteiger partial charge in [-0.1, -0.05) is 36.4 Å². The normalized spacial score (nSPS) is 15.4. The molecule has 8 nitrogen and oxygen atoms in total. The molecule has 0 N–H and O–H groups in total. The van der Waals surface area contributed by atoms with Gasteiger partial charge in [-0.05, 0) is 74.9 Å². The zero-order chi connectivity index (χ0) is 26.2. The average Bonchev–Trinajstić information content (AvgIpc) is 3.27. The minimum Gasteiger partial charge on any atom is -0.469 e. The fraction of sp³-hybridized carbons (Fsp3) is 0.500. The second kappa shape index (κ2) is 9.91. The van der Waals surface area contributed by atoms with E-state index in [1.54, 1.807) is 4.90 Å². The Balaban J connectivity index is 1.75. The summed E-state index contributed by atoms with van der Waals surface area (Å²) in [6, 6.07) is 10.4. The number of rotatable bonds is 5. The molecule has 1 aromatic heterocycles. The van der Waals surface area contributed by atoms with Crippen LogP contribution in [-0.2, 0) is 33.8 Å². The number of fused-ring (bicyclic) bond motifs is 2. The van der Waals surface area contributed by atoms with Crippen LogP contribution in [0.15, 0.2) is 30.3 Å². The summed E-state index contributed by atoms with van der Waals surface area (Å²) in [7, 11) is 1.42. The maximum Gasteiger partial charge on any atom is 0.410 e. The van der Waals surface area contributed by atoms with Crippen molar-refractivity contribution in [2.75, 3.05) is 13.7 Å². The van der Waals surface area contributed by atoms with Crippen molar-refractivity contribution in [1.82, 2.24) is 19.9 Å². The van der Waals surface area contributed by atoms with Crippen molar-refractivity contribution >= 4 is 23.1 Å². The second-order valence-electron chi connectivity index (χ2n) is 10.5. The molecular weight excluding hydrogens is 456 g/mol. The highest BCUT2D eigenvalue weighted by Gasteiger charge is 2.32. The molecule has 1 amide bonds. The summed E-state index contributed by atoms with van der Waals surface area (Å²) >= 11 is 0. The highest BCUT2D eigenvalue weighted by molar-refractivity contribution is 5.81. The number of aryl methyl sites for hydroxylation is 2. The molecule has 0 aliphatic carbocycles. The highest BCUT2D eigenvalue weighted by Crippen LogP contribution is 2.38. The third kappa shape index (κ3) is 4.94. The van der Waals surface area contributed by atoms with E-state index >= 15 is 0 Å². The maximum atomic E-state index is 12.8. The van der Waals surface area contributed by atoms with E-state index < -0.39 is 11.5 Å². The molecule has 192 valence electrons. The number of aromatic nitrogens is 3. The van der Waals surface area contributed by atoms with Crippen molar-refractivity contribution < 1.29 is 19.1 Å². The lowest BCUT2D eigenvalue weighted by atomic mass is 9.78. The van der Waals surface area contributed by atoms with Gasteiger partial charge in [-0.15, -0.1) is 5.10 Å². The van der Waals surface area contributed by atoms with Crippen LogP contribution < -0.4 is 0 Å². The molecule has 0 spiro atoms. The molecule has 0 fully saturated rings. The van der Waals surface area contributed by atoms with Crippen molar-refractivity contribution in [1.29, 1.82) is 0 Å². The van der Waals surface area contributed by atoms with Crippen LogP contribution in [0.5, 0.6) is 0 Å². The van der Waals surface area contributed by atoms with Crippen LogP contribution in [0.4, 0.5) is 4.79 Å². The van der Waals surface area contributed by atoms with Crippen molar-refractivity contribution in [3.05, 3.63) is 58.1 Å². The number of ether oxygens (including phenoxy) is 2. The standard InChI is InChI=1S/C28H36N4O4/c1-8-32-23-12-11-22(17(2)25(23)29-30-32)24(18(3)26(33)35-7)20-10-9-19-13-14-31(16-21(19)15-20)27(34)36-28(4,5)6/h9-12,15,18,24H,8,13-14,16H2,1-7H3/t18?,24-/m0/s1. The van der Waals surface area contributed by atoms with Gasteiger partial charge in [0.1, 0.15) is 11.1 Å². The molecule has 0 bridgehead atoms. The van der Waals surface area contributed by atoms with Gasteiger partial charge in [-0.3, -0.25) is 4.79 Å². The fourth-order valence-corrected chi connectivity index (χ4v) is 5.07. The zero-order valence-electron chi connectivity index (χ0n) is 22.3. The Morgan fingerprint density at radius 2 is 1.89 bits per heavy atom. The lowest BCUT2D eigenvalue weighted by Crippen LogP contribution is -2.40. The van der Waals surface area contributed by atoms with E-state index in [4.69, 9.17) is 9.47 Å². The number of hydrogen-bond donors (Lipinski definition) is 0. The quantitative estimate of drug-likeness (QED) is 0.466. The molecule has 2 atom stereocenters. The minimum atomic E-state index is -0.546. The first-order chi connectivity index (χ1) is 17.0. The van der Waals surface area contributed by atoms with E-state index in [1.807, 2.05) is 52.3 Å². The molecule has 0 saturated heterocycles. The number of benzene rings is 2. The van der Waals surface area contributed by atoms with Crippen molar-refractivity contribution in [3.8, 4) is 0 Å². The van der Waals surface area contributed by atoms with Crippen molar-refractivity contribution in [2.24, 2.45) is 5.92 Å². The summed E-state index contributed by atoms with van der Waals surface area (Å²) in [6.07, 6.45) is 0.454. The van der Waals surface area contributed by atoms with Gasteiger partial charge in [0.15, 0.2) is 0 Å². The number of carbonyl (C=O) groups is 2. The van der Waals surface area contributed by atoms with Gasteiger partial charge in [-0.25, -0.2) is 9.48 Å². The molecule has 0 saturated carbocycles. The molecule has 2 heterocycles. The van der Waals surface area contributed by atoms with Crippen LogP contribution in [-0.4, -0.2) is 51.2 Å². The Morgan fingerprint density at radius 1 is 1.14 bits per heavy atom. The average molecular weight is 493 g/mol. The molecule has 4 rings (SSSR count). The number of hydrogen-bond acceptors (Lipinski definition) is 6. The van der Waals surface area contributed by atoms with Crippen LogP contribution in [0, 0.1) is 12.8 Å². The van der Waals surface area contributed by atoms with E-state index in [-0.39, 0.29) is 18.0 Å². The Morgan fingerprint density at radius 3 is 2.56 bits per heavy atom. The van der Waals surface area contributed by atoms with Crippen molar-refractivity contribution in [3.63, 3.8) is 0 Å². The Labute approximate surface area is 212 Å². The van der Waals surface area contributed by atoms with Gasteiger partial charge < -0.3 is 14.4 Å². The smallest absolute Gasteiger partial charge is 0.410 e. The zero-order valence-corrected chi connectivity index (χ0v) is 22.3. The molecule has 1 aliphatic heterocycles. The molecular formula is C28H36N4O4. The summed E-state index contributed by atoms with van der Waals surface area (Å²) in [5.41, 5.74) is 6.57. The summed E-state index contributed by atoms with van der Waals surface area (Å²) in [5.74, 6) is -0.934. The van der Waals surface area contributed by atoms with E-state index in [1.165, 1.54) is 12.7 Å². The van der Waals surface area contributed by atoms with Gasteiger partial charge in [0, 0.05) is 25.6 Å². The summed E-state index contributed by atoms with van der Waals surface area (Å²) < 4.78 is 12.6. The summed E-state index contributed by atoms with van der Waals surface area (Å²) in [5, 5.41) is 8.69. The Bertz CT molecular complexity index is 1290. The predicted octanol–water partition coefficient (Wildman–Crippen LogP) is 4.99. The maximum absolute atomic E-state index is 12.8.